The van der Waals surface area contributed by atoms with Crippen LogP contribution in [0.25, 0.3) is 0 Å². The van der Waals surface area contributed by atoms with Crippen LogP contribution >= 0.6 is 0 Å². The van der Waals surface area contributed by atoms with Crippen LogP contribution in [0.3, 0.4) is 0 Å². The average Bonchev–Trinajstić information content (AvgIpc) is 2.55. The summed E-state index contributed by atoms with van der Waals surface area (Å²) in [4.78, 5) is 27.4. The van der Waals surface area contributed by atoms with Gasteiger partial charge in [0, 0.05) is 26.6 Å². The number of rotatable bonds is 5. The summed E-state index contributed by atoms with van der Waals surface area (Å²) in [6.07, 6.45) is 0. The zero-order valence-corrected chi connectivity index (χ0v) is 13.1. The lowest BCUT2D eigenvalue weighted by atomic mass is 10.2. The number of benzene rings is 1. The number of ether oxygens (including phenoxy) is 2. The summed E-state index contributed by atoms with van der Waals surface area (Å²) in [5.41, 5.74) is 0.964. The minimum absolute atomic E-state index is 0.0352. The predicted octanol–water partition coefficient (Wildman–Crippen LogP) is 0.902. The molecular formula is C16H22N2O4. The standard InChI is InChI=1S/C16H22N2O4/c1-13(19)18(11-14-3-5-15(21-2)6-4-14)12-16(20)17-7-9-22-10-8-17/h3-6H,7-12H2,1-2H3. The molecule has 6 nitrogen and oxygen atoms in total. The largest absolute Gasteiger partial charge is 0.497 e. The number of methoxy groups -OCH3 is 1. The van der Waals surface area contributed by atoms with Crippen LogP contribution in [0.2, 0.25) is 0 Å². The van der Waals surface area contributed by atoms with Crippen molar-refractivity contribution in [3.05, 3.63) is 29.8 Å². The summed E-state index contributed by atoms with van der Waals surface area (Å²) in [7, 11) is 1.61. The molecule has 1 aromatic carbocycles. The maximum atomic E-state index is 12.3. The lowest BCUT2D eigenvalue weighted by molar-refractivity contribution is -0.142. The number of nitrogens with zero attached hydrogens (tertiary/aromatic N) is 2. The van der Waals surface area contributed by atoms with Crippen molar-refractivity contribution in [2.24, 2.45) is 0 Å². The van der Waals surface area contributed by atoms with Crippen LogP contribution in [0, 0.1) is 0 Å². The molecule has 0 aromatic heterocycles. The van der Waals surface area contributed by atoms with E-state index in [0.29, 0.717) is 32.8 Å². The van der Waals surface area contributed by atoms with E-state index in [1.54, 1.807) is 16.9 Å². The second kappa shape index (κ2) is 7.79. The molecule has 22 heavy (non-hydrogen) atoms. The highest BCUT2D eigenvalue weighted by Crippen LogP contribution is 2.13. The predicted molar refractivity (Wildman–Crippen MR) is 81.5 cm³/mol. The molecule has 0 N–H and O–H groups in total. The Labute approximate surface area is 130 Å². The molecule has 0 radical (unpaired) electrons. The maximum absolute atomic E-state index is 12.3. The van der Waals surface area contributed by atoms with Gasteiger partial charge in [0.1, 0.15) is 12.3 Å². The summed E-state index contributed by atoms with van der Waals surface area (Å²) < 4.78 is 10.3. The molecule has 1 heterocycles. The lowest BCUT2D eigenvalue weighted by Crippen LogP contribution is -2.46. The van der Waals surface area contributed by atoms with Crippen molar-refractivity contribution in [1.29, 1.82) is 0 Å². The highest BCUT2D eigenvalue weighted by molar-refractivity contribution is 5.83. The van der Waals surface area contributed by atoms with Crippen LogP contribution in [-0.4, -0.2) is 61.6 Å². The van der Waals surface area contributed by atoms with Crippen LogP contribution in [0.5, 0.6) is 5.75 Å². The maximum Gasteiger partial charge on any atom is 0.242 e. The minimum atomic E-state index is -0.113. The third kappa shape index (κ3) is 4.46. The second-order valence-corrected chi connectivity index (χ2v) is 5.22. The van der Waals surface area contributed by atoms with E-state index in [0.717, 1.165) is 11.3 Å². The van der Waals surface area contributed by atoms with Crippen molar-refractivity contribution in [1.82, 2.24) is 9.80 Å². The first-order valence-electron chi connectivity index (χ1n) is 7.34. The van der Waals surface area contributed by atoms with Gasteiger partial charge in [0.05, 0.1) is 20.3 Å². The van der Waals surface area contributed by atoms with Crippen LogP contribution in [0.1, 0.15) is 12.5 Å². The average molecular weight is 306 g/mol. The Hall–Kier alpha value is -2.08. The number of carbonyl (C=O) groups is 2. The molecule has 1 aromatic rings. The third-order valence-electron chi connectivity index (χ3n) is 3.67. The van der Waals surface area contributed by atoms with E-state index in [-0.39, 0.29) is 18.4 Å². The number of morpholine rings is 1. The normalized spacial score (nSPS) is 14.5. The fourth-order valence-corrected chi connectivity index (χ4v) is 2.31. The zero-order valence-electron chi connectivity index (χ0n) is 13.1. The minimum Gasteiger partial charge on any atom is -0.497 e. The molecule has 2 rings (SSSR count). The van der Waals surface area contributed by atoms with Gasteiger partial charge in [0.2, 0.25) is 11.8 Å². The van der Waals surface area contributed by atoms with E-state index in [2.05, 4.69) is 0 Å². The van der Waals surface area contributed by atoms with Gasteiger partial charge in [-0.25, -0.2) is 0 Å². The molecule has 0 bridgehead atoms. The monoisotopic (exact) mass is 306 g/mol. The zero-order chi connectivity index (χ0) is 15.9. The molecule has 0 aliphatic carbocycles. The molecule has 6 heteroatoms. The number of hydrogen-bond acceptors (Lipinski definition) is 4. The molecular weight excluding hydrogens is 284 g/mol. The Balaban J connectivity index is 1.96. The van der Waals surface area contributed by atoms with Gasteiger partial charge < -0.3 is 19.3 Å². The number of hydrogen-bond donors (Lipinski definition) is 0. The van der Waals surface area contributed by atoms with Crippen molar-refractivity contribution < 1.29 is 19.1 Å². The summed E-state index contributed by atoms with van der Waals surface area (Å²) in [6, 6.07) is 7.48. The van der Waals surface area contributed by atoms with Crippen molar-refractivity contribution in [3.8, 4) is 5.75 Å². The Morgan fingerprint density at radius 3 is 2.41 bits per heavy atom. The van der Waals surface area contributed by atoms with Gasteiger partial charge in [-0.3, -0.25) is 9.59 Å². The Kier molecular flexibility index (Phi) is 5.77. The van der Waals surface area contributed by atoms with Gasteiger partial charge in [-0.2, -0.15) is 0 Å². The quantitative estimate of drug-likeness (QED) is 0.811. The summed E-state index contributed by atoms with van der Waals surface area (Å²) in [5.74, 6) is 0.618. The fourth-order valence-electron chi connectivity index (χ4n) is 2.31. The van der Waals surface area contributed by atoms with E-state index >= 15 is 0 Å². The van der Waals surface area contributed by atoms with Crippen molar-refractivity contribution in [2.45, 2.75) is 13.5 Å². The van der Waals surface area contributed by atoms with Gasteiger partial charge in [0.15, 0.2) is 0 Å². The van der Waals surface area contributed by atoms with E-state index in [1.807, 2.05) is 24.3 Å². The highest BCUT2D eigenvalue weighted by atomic mass is 16.5. The van der Waals surface area contributed by atoms with Gasteiger partial charge >= 0.3 is 0 Å². The number of carbonyl (C=O) groups excluding carboxylic acids is 2. The molecule has 2 amide bonds. The molecule has 1 fully saturated rings. The fraction of sp³-hybridized carbons (Fsp3) is 0.500. The molecule has 1 saturated heterocycles. The van der Waals surface area contributed by atoms with Gasteiger partial charge in [-0.1, -0.05) is 12.1 Å². The van der Waals surface area contributed by atoms with Crippen LogP contribution in [0.4, 0.5) is 0 Å². The molecule has 0 spiro atoms. The molecule has 0 unspecified atom stereocenters. The Morgan fingerprint density at radius 2 is 1.86 bits per heavy atom. The molecule has 0 atom stereocenters. The summed E-state index contributed by atoms with van der Waals surface area (Å²) in [5, 5.41) is 0. The SMILES string of the molecule is COc1ccc(CN(CC(=O)N2CCOCC2)C(C)=O)cc1. The lowest BCUT2D eigenvalue weighted by Gasteiger charge is -2.29. The third-order valence-corrected chi connectivity index (χ3v) is 3.67. The van der Waals surface area contributed by atoms with E-state index in [4.69, 9.17) is 9.47 Å². The van der Waals surface area contributed by atoms with Crippen molar-refractivity contribution in [2.75, 3.05) is 40.0 Å². The van der Waals surface area contributed by atoms with Gasteiger partial charge in [-0.05, 0) is 17.7 Å². The van der Waals surface area contributed by atoms with Crippen LogP contribution in [0.15, 0.2) is 24.3 Å². The van der Waals surface area contributed by atoms with Crippen molar-refractivity contribution >= 4 is 11.8 Å². The van der Waals surface area contributed by atoms with Crippen LogP contribution < -0.4 is 4.74 Å². The molecule has 1 aliphatic rings. The molecule has 1 aliphatic heterocycles. The van der Waals surface area contributed by atoms with Crippen molar-refractivity contribution in [3.63, 3.8) is 0 Å². The topological polar surface area (TPSA) is 59.1 Å². The van der Waals surface area contributed by atoms with E-state index in [1.165, 1.54) is 6.92 Å². The first-order valence-corrected chi connectivity index (χ1v) is 7.34. The van der Waals surface area contributed by atoms with E-state index < -0.39 is 0 Å². The van der Waals surface area contributed by atoms with Crippen LogP contribution in [-0.2, 0) is 20.9 Å². The molecule has 0 saturated carbocycles. The van der Waals surface area contributed by atoms with Gasteiger partial charge in [0.25, 0.3) is 0 Å². The molecule has 120 valence electrons. The second-order valence-electron chi connectivity index (χ2n) is 5.22. The number of amides is 2. The smallest absolute Gasteiger partial charge is 0.242 e. The van der Waals surface area contributed by atoms with E-state index in [9.17, 15) is 9.59 Å². The Bertz CT molecular complexity index is 509. The first-order chi connectivity index (χ1) is 10.6. The first kappa shape index (κ1) is 16.3. The summed E-state index contributed by atoms with van der Waals surface area (Å²) >= 11 is 0. The Morgan fingerprint density at radius 1 is 1.23 bits per heavy atom. The summed E-state index contributed by atoms with van der Waals surface area (Å²) in [6.45, 7) is 4.29. The highest BCUT2D eigenvalue weighted by Gasteiger charge is 2.21. The van der Waals surface area contributed by atoms with Gasteiger partial charge in [-0.15, -0.1) is 0 Å².